The third-order valence-electron chi connectivity index (χ3n) is 2.15. The molecular weight excluding hydrogens is 292 g/mol. The van der Waals surface area contributed by atoms with Crippen LogP contribution in [0.25, 0.3) is 0 Å². The molecule has 0 radical (unpaired) electrons. The third-order valence-corrected chi connectivity index (χ3v) is 4.44. The maximum atomic E-state index is 10.8. The lowest BCUT2D eigenvalue weighted by Crippen LogP contribution is -2.45. The molecule has 0 heterocycles. The summed E-state index contributed by atoms with van der Waals surface area (Å²) in [5.41, 5.74) is -0.139. The highest BCUT2D eigenvalue weighted by Crippen LogP contribution is 2.28. The van der Waals surface area contributed by atoms with Crippen LogP contribution in [0.2, 0.25) is 0 Å². The highest BCUT2D eigenvalue weighted by Gasteiger charge is 2.33. The zero-order chi connectivity index (χ0) is 17.3. The van der Waals surface area contributed by atoms with Crippen molar-refractivity contribution in [3.05, 3.63) is 0 Å². The van der Waals surface area contributed by atoms with Crippen molar-refractivity contribution in [2.75, 3.05) is 12.8 Å². The van der Waals surface area contributed by atoms with Crippen molar-refractivity contribution in [2.45, 2.75) is 65.2 Å². The van der Waals surface area contributed by atoms with E-state index < -0.39 is 9.84 Å². The molecule has 0 aliphatic heterocycles. The van der Waals surface area contributed by atoms with Crippen LogP contribution in [-0.4, -0.2) is 43.8 Å². The van der Waals surface area contributed by atoms with Gasteiger partial charge in [0.1, 0.15) is 5.78 Å². The second-order valence-corrected chi connectivity index (χ2v) is 8.58. The fraction of sp³-hybridized carbons (Fsp3) is 0.857. The number of amides is 2. The Hall–Kier alpha value is -1.11. The standard InChI is InChI=1S/C6H14N2O.C5H10O2S.C3H6O/c1-6(2,3)8-5(9)7-4;1-2-8(6,7)5-3-4-5;1-3(2)4/h1-4H3,(H2,7,8,9);5H,2-4H2,1H3;1-2H3. The van der Waals surface area contributed by atoms with Gasteiger partial charge < -0.3 is 15.4 Å². The number of urea groups is 1. The van der Waals surface area contributed by atoms with Gasteiger partial charge in [0.15, 0.2) is 9.84 Å². The van der Waals surface area contributed by atoms with E-state index >= 15 is 0 Å². The van der Waals surface area contributed by atoms with Gasteiger partial charge in [-0.05, 0) is 47.5 Å². The van der Waals surface area contributed by atoms with Gasteiger partial charge in [0.05, 0.1) is 5.25 Å². The van der Waals surface area contributed by atoms with Crippen LogP contribution in [0.4, 0.5) is 4.79 Å². The molecule has 0 atom stereocenters. The molecule has 0 aromatic heterocycles. The van der Waals surface area contributed by atoms with Gasteiger partial charge in [0.2, 0.25) is 0 Å². The molecule has 0 aromatic rings. The maximum Gasteiger partial charge on any atom is 0.314 e. The molecule has 2 N–H and O–H groups in total. The van der Waals surface area contributed by atoms with Crippen molar-refractivity contribution in [1.29, 1.82) is 0 Å². The molecule has 0 saturated heterocycles. The monoisotopic (exact) mass is 322 g/mol. The number of nitrogens with one attached hydrogen (secondary N) is 2. The summed E-state index contributed by atoms with van der Waals surface area (Å²) in [5, 5.41) is 5.22. The Kier molecular flexibility index (Phi) is 10.3. The Bertz CT molecular complexity index is 417. The van der Waals surface area contributed by atoms with Crippen LogP contribution in [0.1, 0.15) is 54.4 Å². The number of carbonyl (C=O) groups is 2. The minimum Gasteiger partial charge on any atom is -0.341 e. The normalized spacial score (nSPS) is 13.9. The van der Waals surface area contributed by atoms with Gasteiger partial charge in [-0.25, -0.2) is 13.2 Å². The molecule has 126 valence electrons. The van der Waals surface area contributed by atoms with E-state index in [0.29, 0.717) is 5.75 Å². The van der Waals surface area contributed by atoms with Gasteiger partial charge in [0.25, 0.3) is 0 Å². The number of carbonyl (C=O) groups excluding carboxylic acids is 2. The molecule has 0 bridgehead atoms. The minimum absolute atomic E-state index is 0.0347. The van der Waals surface area contributed by atoms with Gasteiger partial charge in [-0.15, -0.1) is 0 Å². The molecule has 0 aromatic carbocycles. The van der Waals surface area contributed by atoms with E-state index in [-0.39, 0.29) is 22.6 Å². The fourth-order valence-electron chi connectivity index (χ4n) is 1.07. The molecule has 1 aliphatic carbocycles. The van der Waals surface area contributed by atoms with E-state index in [9.17, 15) is 18.0 Å². The van der Waals surface area contributed by atoms with Crippen LogP contribution in [-0.2, 0) is 14.6 Å². The summed E-state index contributed by atoms with van der Waals surface area (Å²) in [5.74, 6) is 0.484. The summed E-state index contributed by atoms with van der Waals surface area (Å²) in [6.45, 7) is 10.6. The van der Waals surface area contributed by atoms with Gasteiger partial charge in [-0.3, -0.25) is 0 Å². The highest BCUT2D eigenvalue weighted by atomic mass is 32.2. The lowest BCUT2D eigenvalue weighted by Gasteiger charge is -2.19. The Labute approximate surface area is 129 Å². The number of ketones is 1. The minimum atomic E-state index is -2.62. The van der Waals surface area contributed by atoms with Gasteiger partial charge >= 0.3 is 6.03 Å². The predicted octanol–water partition coefficient (Wildman–Crippen LogP) is 1.89. The fourth-order valence-corrected chi connectivity index (χ4v) is 2.39. The van der Waals surface area contributed by atoms with Crippen LogP contribution in [0.3, 0.4) is 0 Å². The molecule has 0 unspecified atom stereocenters. The van der Waals surface area contributed by atoms with Crippen molar-refractivity contribution in [3.63, 3.8) is 0 Å². The smallest absolute Gasteiger partial charge is 0.314 e. The van der Waals surface area contributed by atoms with Gasteiger partial charge in [-0.1, -0.05) is 6.92 Å². The van der Waals surface area contributed by atoms with Crippen LogP contribution < -0.4 is 10.6 Å². The first-order chi connectivity index (χ1) is 9.35. The number of sulfone groups is 1. The van der Waals surface area contributed by atoms with Crippen molar-refractivity contribution < 1.29 is 18.0 Å². The first-order valence-corrected chi connectivity index (χ1v) is 8.75. The SMILES string of the molecule is CC(C)=O.CCS(=O)(=O)C1CC1.CNC(=O)NC(C)(C)C. The van der Waals surface area contributed by atoms with Crippen molar-refractivity contribution in [2.24, 2.45) is 0 Å². The number of Topliss-reactive ketones (excluding diaryl/α,β-unsaturated/α-hetero) is 1. The lowest BCUT2D eigenvalue weighted by atomic mass is 10.1. The van der Waals surface area contributed by atoms with Gasteiger partial charge in [0, 0.05) is 18.3 Å². The summed E-state index contributed by atoms with van der Waals surface area (Å²) < 4.78 is 21.5. The van der Waals surface area contributed by atoms with Crippen LogP contribution in [0, 0.1) is 0 Å². The molecule has 1 saturated carbocycles. The number of rotatable bonds is 2. The first-order valence-electron chi connectivity index (χ1n) is 7.04. The van der Waals surface area contributed by atoms with E-state index in [4.69, 9.17) is 0 Å². The number of hydrogen-bond donors (Lipinski definition) is 2. The topological polar surface area (TPSA) is 92.3 Å². The lowest BCUT2D eigenvalue weighted by molar-refractivity contribution is -0.115. The summed E-state index contributed by atoms with van der Waals surface area (Å²) in [6, 6.07) is -0.137. The average molecular weight is 322 g/mol. The predicted molar refractivity (Wildman–Crippen MR) is 86.2 cm³/mol. The quantitative estimate of drug-likeness (QED) is 0.812. The zero-order valence-electron chi connectivity index (χ0n) is 14.2. The molecule has 6 nitrogen and oxygen atoms in total. The Balaban J connectivity index is 0. The summed E-state index contributed by atoms with van der Waals surface area (Å²) in [6.07, 6.45) is 1.80. The first kappa shape index (κ1) is 22.2. The second-order valence-electron chi connectivity index (χ2n) is 6.01. The molecule has 1 fully saturated rings. The average Bonchev–Trinajstić information content (AvgIpc) is 3.10. The summed E-state index contributed by atoms with van der Waals surface area (Å²) >= 11 is 0. The molecule has 2 amide bonds. The third kappa shape index (κ3) is 16.8. The summed E-state index contributed by atoms with van der Waals surface area (Å²) in [4.78, 5) is 20.0. The van der Waals surface area contributed by atoms with Crippen LogP contribution >= 0.6 is 0 Å². The molecule has 1 rings (SSSR count). The molecule has 0 spiro atoms. The van der Waals surface area contributed by atoms with E-state index in [1.54, 1.807) is 14.0 Å². The highest BCUT2D eigenvalue weighted by molar-refractivity contribution is 7.92. The van der Waals surface area contributed by atoms with E-state index in [1.807, 2.05) is 20.8 Å². The number of hydrogen-bond acceptors (Lipinski definition) is 4. The molecule has 7 heteroatoms. The second kappa shape index (κ2) is 9.76. The van der Waals surface area contributed by atoms with E-state index in [1.165, 1.54) is 13.8 Å². The van der Waals surface area contributed by atoms with E-state index in [0.717, 1.165) is 12.8 Å². The van der Waals surface area contributed by atoms with Gasteiger partial charge in [-0.2, -0.15) is 0 Å². The Morgan fingerprint density at radius 1 is 1.14 bits per heavy atom. The van der Waals surface area contributed by atoms with Crippen LogP contribution in [0.5, 0.6) is 0 Å². The molecule has 1 aliphatic rings. The Morgan fingerprint density at radius 2 is 1.52 bits per heavy atom. The zero-order valence-corrected chi connectivity index (χ0v) is 15.1. The van der Waals surface area contributed by atoms with Crippen molar-refractivity contribution in [1.82, 2.24) is 10.6 Å². The maximum absolute atomic E-state index is 10.8. The van der Waals surface area contributed by atoms with E-state index in [2.05, 4.69) is 10.6 Å². The van der Waals surface area contributed by atoms with Crippen molar-refractivity contribution >= 4 is 21.7 Å². The summed E-state index contributed by atoms with van der Waals surface area (Å²) in [7, 11) is -1.03. The molecular formula is C14H30N2O4S. The van der Waals surface area contributed by atoms with Crippen molar-refractivity contribution in [3.8, 4) is 0 Å². The largest absolute Gasteiger partial charge is 0.341 e. The molecule has 21 heavy (non-hydrogen) atoms. The Morgan fingerprint density at radius 3 is 1.62 bits per heavy atom. The van der Waals surface area contributed by atoms with Crippen LogP contribution in [0.15, 0.2) is 0 Å².